The van der Waals surface area contributed by atoms with Crippen LogP contribution < -0.4 is 0 Å². The third-order valence-electron chi connectivity index (χ3n) is 5.71. The number of hydrogen-bond acceptors (Lipinski definition) is 1. The minimum absolute atomic E-state index is 0.289. The quantitative estimate of drug-likeness (QED) is 0.754. The van der Waals surface area contributed by atoms with Crippen molar-refractivity contribution in [3.05, 3.63) is 11.6 Å². The third kappa shape index (κ3) is 1.30. The summed E-state index contributed by atoms with van der Waals surface area (Å²) in [6, 6.07) is 0. The van der Waals surface area contributed by atoms with E-state index < -0.39 is 5.97 Å². The van der Waals surface area contributed by atoms with Crippen LogP contribution in [-0.4, -0.2) is 11.1 Å². The molecular formula is C15H22O2. The molecule has 4 unspecified atom stereocenters. The Hall–Kier alpha value is -0.790. The van der Waals surface area contributed by atoms with Crippen LogP contribution in [0.4, 0.5) is 0 Å². The average molecular weight is 234 g/mol. The summed E-state index contributed by atoms with van der Waals surface area (Å²) in [7, 11) is 0. The van der Waals surface area contributed by atoms with E-state index in [1.807, 2.05) is 0 Å². The summed E-state index contributed by atoms with van der Waals surface area (Å²) in [4.78, 5) is 11.4. The molecule has 3 rings (SSSR count). The van der Waals surface area contributed by atoms with Crippen molar-refractivity contribution in [2.75, 3.05) is 0 Å². The van der Waals surface area contributed by atoms with Crippen molar-refractivity contribution >= 4 is 5.97 Å². The van der Waals surface area contributed by atoms with E-state index in [0.717, 1.165) is 12.0 Å². The second-order valence-corrected chi connectivity index (χ2v) is 7.22. The van der Waals surface area contributed by atoms with Gasteiger partial charge in [0, 0.05) is 5.57 Å². The van der Waals surface area contributed by atoms with Gasteiger partial charge in [-0.2, -0.15) is 0 Å². The van der Waals surface area contributed by atoms with Crippen LogP contribution in [0.15, 0.2) is 11.6 Å². The maximum absolute atomic E-state index is 11.4. The molecule has 3 aliphatic rings. The summed E-state index contributed by atoms with van der Waals surface area (Å²) >= 11 is 0. The van der Waals surface area contributed by atoms with E-state index in [2.05, 4.69) is 26.8 Å². The molecule has 0 aliphatic heterocycles. The van der Waals surface area contributed by atoms with Crippen LogP contribution in [0.2, 0.25) is 0 Å². The molecule has 3 aliphatic carbocycles. The summed E-state index contributed by atoms with van der Waals surface area (Å²) in [5, 5.41) is 9.36. The number of carbonyl (C=O) groups is 1. The molecule has 0 aromatic heterocycles. The van der Waals surface area contributed by atoms with E-state index in [1.165, 1.54) is 19.3 Å². The van der Waals surface area contributed by atoms with Gasteiger partial charge < -0.3 is 5.11 Å². The zero-order chi connectivity index (χ0) is 12.4. The maximum Gasteiger partial charge on any atom is 0.331 e. The molecule has 94 valence electrons. The van der Waals surface area contributed by atoms with Gasteiger partial charge in [0.25, 0.3) is 0 Å². The first kappa shape index (κ1) is 11.3. The highest BCUT2D eigenvalue weighted by molar-refractivity contribution is 5.88. The Balaban J connectivity index is 2.06. The Morgan fingerprint density at radius 2 is 2.12 bits per heavy atom. The molecule has 0 bridgehead atoms. The third-order valence-corrected chi connectivity index (χ3v) is 5.71. The second-order valence-electron chi connectivity index (χ2n) is 7.22. The lowest BCUT2D eigenvalue weighted by molar-refractivity contribution is -0.133. The van der Waals surface area contributed by atoms with E-state index in [-0.39, 0.29) is 5.41 Å². The zero-order valence-electron chi connectivity index (χ0n) is 11.0. The fourth-order valence-electron chi connectivity index (χ4n) is 5.25. The standard InChI is InChI=1S/C15H22O2/c1-9-4-5-12-11(13(16)17)6-10-7-14(2,3)8-15(9,10)12/h6,9-10,12H,4-5,7-8H2,1-3H3,(H,16,17). The highest BCUT2D eigenvalue weighted by atomic mass is 16.4. The van der Waals surface area contributed by atoms with Crippen molar-refractivity contribution in [1.29, 1.82) is 0 Å². The predicted molar refractivity (Wildman–Crippen MR) is 66.5 cm³/mol. The van der Waals surface area contributed by atoms with Crippen LogP contribution in [0.1, 0.15) is 46.5 Å². The molecule has 4 atom stereocenters. The molecule has 0 aromatic carbocycles. The fraction of sp³-hybridized carbons (Fsp3) is 0.800. The van der Waals surface area contributed by atoms with Crippen molar-refractivity contribution in [3.8, 4) is 0 Å². The van der Waals surface area contributed by atoms with Gasteiger partial charge in [0.1, 0.15) is 0 Å². The Bertz CT molecular complexity index is 407. The van der Waals surface area contributed by atoms with E-state index in [1.54, 1.807) is 0 Å². The lowest BCUT2D eigenvalue weighted by Crippen LogP contribution is -2.32. The average Bonchev–Trinajstić information content (AvgIpc) is 2.73. The summed E-state index contributed by atoms with van der Waals surface area (Å²) in [5.74, 6) is 0.871. The summed E-state index contributed by atoms with van der Waals surface area (Å²) < 4.78 is 0. The fourth-order valence-corrected chi connectivity index (χ4v) is 5.25. The Morgan fingerprint density at radius 3 is 2.76 bits per heavy atom. The van der Waals surface area contributed by atoms with Crippen molar-refractivity contribution < 1.29 is 9.90 Å². The van der Waals surface area contributed by atoms with Crippen LogP contribution in [0, 0.1) is 28.6 Å². The summed E-state index contributed by atoms with van der Waals surface area (Å²) in [6.07, 6.45) is 6.79. The van der Waals surface area contributed by atoms with E-state index >= 15 is 0 Å². The van der Waals surface area contributed by atoms with Crippen LogP contribution in [0.25, 0.3) is 0 Å². The molecule has 0 radical (unpaired) electrons. The van der Waals surface area contributed by atoms with Gasteiger partial charge in [-0.05, 0) is 54.3 Å². The lowest BCUT2D eigenvalue weighted by Gasteiger charge is -2.36. The first-order valence-corrected chi connectivity index (χ1v) is 6.82. The van der Waals surface area contributed by atoms with E-state index in [9.17, 15) is 9.90 Å². The minimum atomic E-state index is -0.671. The molecule has 2 heteroatoms. The molecule has 2 saturated carbocycles. The largest absolute Gasteiger partial charge is 0.478 e. The predicted octanol–water partition coefficient (Wildman–Crippen LogP) is 3.48. The van der Waals surface area contributed by atoms with Gasteiger partial charge in [-0.15, -0.1) is 0 Å². The molecule has 17 heavy (non-hydrogen) atoms. The number of hydrogen-bond donors (Lipinski definition) is 1. The van der Waals surface area contributed by atoms with Gasteiger partial charge in [0.15, 0.2) is 0 Å². The molecule has 2 nitrogen and oxygen atoms in total. The van der Waals surface area contributed by atoms with Crippen LogP contribution in [-0.2, 0) is 4.79 Å². The van der Waals surface area contributed by atoms with Crippen LogP contribution in [0.5, 0.6) is 0 Å². The van der Waals surface area contributed by atoms with Crippen molar-refractivity contribution in [1.82, 2.24) is 0 Å². The molecule has 1 spiro atoms. The van der Waals surface area contributed by atoms with Crippen molar-refractivity contribution in [3.63, 3.8) is 0 Å². The first-order valence-electron chi connectivity index (χ1n) is 6.82. The molecule has 0 amide bonds. The van der Waals surface area contributed by atoms with Crippen molar-refractivity contribution in [2.24, 2.45) is 28.6 Å². The highest BCUT2D eigenvalue weighted by Gasteiger charge is 2.63. The molecule has 0 saturated heterocycles. The van der Waals surface area contributed by atoms with Gasteiger partial charge in [0.05, 0.1) is 0 Å². The number of rotatable bonds is 1. The normalized spacial score (nSPS) is 46.5. The number of allylic oxidation sites excluding steroid dienone is 1. The van der Waals surface area contributed by atoms with E-state index in [0.29, 0.717) is 23.2 Å². The minimum Gasteiger partial charge on any atom is -0.478 e. The van der Waals surface area contributed by atoms with Crippen LogP contribution >= 0.6 is 0 Å². The smallest absolute Gasteiger partial charge is 0.331 e. The van der Waals surface area contributed by atoms with Gasteiger partial charge >= 0.3 is 5.97 Å². The lowest BCUT2D eigenvalue weighted by atomic mass is 9.67. The highest BCUT2D eigenvalue weighted by Crippen LogP contribution is 2.70. The van der Waals surface area contributed by atoms with Gasteiger partial charge in [0.2, 0.25) is 0 Å². The van der Waals surface area contributed by atoms with Gasteiger partial charge in [-0.25, -0.2) is 4.79 Å². The molecule has 0 aromatic rings. The van der Waals surface area contributed by atoms with Crippen molar-refractivity contribution in [2.45, 2.75) is 46.5 Å². The molecule has 1 N–H and O–H groups in total. The number of carboxylic acid groups (broad SMARTS) is 1. The summed E-state index contributed by atoms with van der Waals surface area (Å²) in [5.41, 5.74) is 1.41. The first-order chi connectivity index (χ1) is 7.87. The topological polar surface area (TPSA) is 37.3 Å². The Morgan fingerprint density at radius 1 is 1.41 bits per heavy atom. The maximum atomic E-state index is 11.4. The Labute approximate surface area is 103 Å². The van der Waals surface area contributed by atoms with Gasteiger partial charge in [-0.3, -0.25) is 0 Å². The van der Waals surface area contributed by atoms with Crippen LogP contribution in [0.3, 0.4) is 0 Å². The zero-order valence-corrected chi connectivity index (χ0v) is 11.0. The molecular weight excluding hydrogens is 212 g/mol. The second kappa shape index (κ2) is 3.15. The summed E-state index contributed by atoms with van der Waals surface area (Å²) in [6.45, 7) is 7.03. The van der Waals surface area contributed by atoms with Gasteiger partial charge in [-0.1, -0.05) is 26.8 Å². The SMILES string of the molecule is CC1CCC2C(C(=O)O)=CC3CC(C)(C)CC132. The Kier molecular flexibility index (Phi) is 2.10. The number of aliphatic carboxylic acids is 1. The number of carboxylic acids is 1. The monoisotopic (exact) mass is 234 g/mol. The molecule has 0 heterocycles. The molecule has 2 fully saturated rings. The van der Waals surface area contributed by atoms with E-state index in [4.69, 9.17) is 0 Å².